The third kappa shape index (κ3) is 4.50. The second-order valence-corrected chi connectivity index (χ2v) is 7.40. The molecule has 1 aliphatic carbocycles. The third-order valence-electron chi connectivity index (χ3n) is 5.38. The number of ether oxygens (including phenoxy) is 1. The summed E-state index contributed by atoms with van der Waals surface area (Å²) in [5.41, 5.74) is 2.94. The first-order valence-electron chi connectivity index (χ1n) is 8.89. The lowest BCUT2D eigenvalue weighted by atomic mass is 9.74. The maximum absolute atomic E-state index is 12.1. The zero-order valence-corrected chi connectivity index (χ0v) is 15.4. The molecule has 0 aromatic rings. The van der Waals surface area contributed by atoms with Crippen molar-refractivity contribution in [1.29, 1.82) is 0 Å². The van der Waals surface area contributed by atoms with Gasteiger partial charge in [-0.05, 0) is 58.4 Å². The lowest BCUT2D eigenvalue weighted by Crippen LogP contribution is -2.27. The van der Waals surface area contributed by atoms with E-state index in [1.807, 2.05) is 19.1 Å². The normalized spacial score (nSPS) is 35.2. The van der Waals surface area contributed by atoms with Gasteiger partial charge < -0.3 is 9.84 Å². The number of aliphatic carboxylic acids is 1. The van der Waals surface area contributed by atoms with Gasteiger partial charge in [0.05, 0.1) is 0 Å². The molecule has 0 spiro atoms. The molecule has 1 saturated heterocycles. The smallest absolute Gasteiger partial charge is 0.334 e. The molecule has 0 saturated carbocycles. The fourth-order valence-electron chi connectivity index (χ4n) is 3.38. The van der Waals surface area contributed by atoms with Crippen LogP contribution in [0, 0.1) is 5.41 Å². The molecule has 0 aromatic heterocycles. The summed E-state index contributed by atoms with van der Waals surface area (Å²) in [4.78, 5) is 23.4. The maximum atomic E-state index is 12.1. The minimum absolute atomic E-state index is 0.300. The van der Waals surface area contributed by atoms with Gasteiger partial charge in [-0.3, -0.25) is 0 Å². The van der Waals surface area contributed by atoms with Crippen LogP contribution >= 0.6 is 0 Å². The van der Waals surface area contributed by atoms with Crippen LogP contribution in [0.2, 0.25) is 0 Å². The number of carboxylic acid groups (broad SMARTS) is 1. The molecule has 0 bridgehead atoms. The van der Waals surface area contributed by atoms with Gasteiger partial charge in [0.2, 0.25) is 0 Å². The molecule has 1 N–H and O–H groups in total. The van der Waals surface area contributed by atoms with Crippen LogP contribution in [0.3, 0.4) is 0 Å². The van der Waals surface area contributed by atoms with E-state index in [1.165, 1.54) is 5.57 Å². The van der Waals surface area contributed by atoms with Crippen LogP contribution in [0.4, 0.5) is 0 Å². The second kappa shape index (κ2) is 7.85. The predicted molar refractivity (Wildman–Crippen MR) is 98.1 cm³/mol. The first-order valence-corrected chi connectivity index (χ1v) is 8.89. The van der Waals surface area contributed by atoms with Gasteiger partial charge in [-0.25, -0.2) is 9.59 Å². The topological polar surface area (TPSA) is 63.6 Å². The molecule has 0 amide bonds. The zero-order valence-electron chi connectivity index (χ0n) is 15.4. The van der Waals surface area contributed by atoms with Crippen molar-refractivity contribution in [2.45, 2.75) is 65.4 Å². The Morgan fingerprint density at radius 3 is 2.56 bits per heavy atom. The molecule has 4 heteroatoms. The van der Waals surface area contributed by atoms with Crippen LogP contribution in [0.15, 0.2) is 47.1 Å². The fourth-order valence-corrected chi connectivity index (χ4v) is 3.38. The maximum Gasteiger partial charge on any atom is 0.334 e. The van der Waals surface area contributed by atoms with Crippen molar-refractivity contribution in [2.75, 3.05) is 0 Å². The summed E-state index contributed by atoms with van der Waals surface area (Å²) >= 11 is 0. The largest absolute Gasteiger partial charge is 0.478 e. The molecule has 1 fully saturated rings. The van der Waals surface area contributed by atoms with E-state index in [9.17, 15) is 14.7 Å². The lowest BCUT2D eigenvalue weighted by molar-refractivity contribution is -0.138. The average Bonchev–Trinajstić information content (AvgIpc) is 2.75. The molecule has 25 heavy (non-hydrogen) atoms. The molecule has 1 heterocycles. The van der Waals surface area contributed by atoms with Crippen LogP contribution < -0.4 is 0 Å². The summed E-state index contributed by atoms with van der Waals surface area (Å²) < 4.78 is 5.56. The Bertz CT molecular complexity index is 665. The first-order chi connectivity index (χ1) is 11.7. The van der Waals surface area contributed by atoms with Crippen LogP contribution in [0.25, 0.3) is 0 Å². The Hall–Kier alpha value is -2.10. The third-order valence-corrected chi connectivity index (χ3v) is 5.38. The highest BCUT2D eigenvalue weighted by molar-refractivity contribution is 5.92. The van der Waals surface area contributed by atoms with E-state index in [-0.39, 0.29) is 17.5 Å². The predicted octanol–water partition coefficient (Wildman–Crippen LogP) is 4.73. The SMILES string of the molecule is C=C1C(=O)O[C@H]2/C=C(\C)CC/C=C(\C(=O)O)CC/C=C(\C)CCC12C. The summed E-state index contributed by atoms with van der Waals surface area (Å²) in [6.45, 7) is 10.1. The van der Waals surface area contributed by atoms with Crippen molar-refractivity contribution < 1.29 is 19.4 Å². The van der Waals surface area contributed by atoms with Gasteiger partial charge in [-0.1, -0.05) is 36.8 Å². The Balaban J connectivity index is 2.31. The van der Waals surface area contributed by atoms with Crippen molar-refractivity contribution in [1.82, 2.24) is 0 Å². The number of esters is 1. The van der Waals surface area contributed by atoms with E-state index >= 15 is 0 Å². The summed E-state index contributed by atoms with van der Waals surface area (Å²) in [5, 5.41) is 9.32. The van der Waals surface area contributed by atoms with E-state index in [1.54, 1.807) is 0 Å². The highest BCUT2D eigenvalue weighted by atomic mass is 16.6. The van der Waals surface area contributed by atoms with Gasteiger partial charge in [0, 0.05) is 16.6 Å². The first kappa shape index (κ1) is 19.2. The molecule has 4 nitrogen and oxygen atoms in total. The number of carbonyl (C=O) groups excluding carboxylic acids is 1. The summed E-state index contributed by atoms with van der Waals surface area (Å²) in [6, 6.07) is 0. The molecule has 2 rings (SSSR count). The van der Waals surface area contributed by atoms with Crippen molar-refractivity contribution in [3.8, 4) is 0 Å². The number of rotatable bonds is 1. The Morgan fingerprint density at radius 2 is 1.88 bits per heavy atom. The Kier molecular flexibility index (Phi) is 6.04. The summed E-state index contributed by atoms with van der Waals surface area (Å²) in [5.74, 6) is -1.15. The molecule has 0 radical (unpaired) electrons. The molecule has 2 atom stereocenters. The number of allylic oxidation sites excluding steroid dienone is 4. The highest BCUT2D eigenvalue weighted by Crippen LogP contribution is 2.45. The van der Waals surface area contributed by atoms with E-state index in [0.717, 1.165) is 31.3 Å². The monoisotopic (exact) mass is 344 g/mol. The standard InChI is InChI=1S/C21H28O4/c1-14-7-5-9-17(19(22)23)10-6-8-15(2)13-18-21(4,12-11-14)16(3)20(24)25-18/h7,10,13,18H,3,5-6,8-9,11-12H2,1-2,4H3,(H,22,23)/b14-7+,15-13+,17-10-/t18-,21?/m0/s1. The fraction of sp³-hybridized carbons (Fsp3) is 0.524. The van der Waals surface area contributed by atoms with Crippen molar-refractivity contribution >= 4 is 11.9 Å². The van der Waals surface area contributed by atoms with E-state index < -0.39 is 5.97 Å². The minimum atomic E-state index is -0.839. The Morgan fingerprint density at radius 1 is 1.20 bits per heavy atom. The van der Waals surface area contributed by atoms with Crippen LogP contribution in [0.5, 0.6) is 0 Å². The van der Waals surface area contributed by atoms with E-state index in [4.69, 9.17) is 4.74 Å². The number of hydrogen-bond acceptors (Lipinski definition) is 3. The summed E-state index contributed by atoms with van der Waals surface area (Å²) in [7, 11) is 0. The molecule has 0 aromatic carbocycles. The van der Waals surface area contributed by atoms with Gasteiger partial charge in [0.1, 0.15) is 6.10 Å². The highest BCUT2D eigenvalue weighted by Gasteiger charge is 2.47. The number of carbonyl (C=O) groups is 2. The molecule has 1 aliphatic heterocycles. The quantitative estimate of drug-likeness (QED) is 0.424. The van der Waals surface area contributed by atoms with Crippen LogP contribution in [0.1, 0.15) is 59.3 Å². The lowest BCUT2D eigenvalue weighted by Gasteiger charge is -2.28. The van der Waals surface area contributed by atoms with Gasteiger partial charge >= 0.3 is 11.9 Å². The van der Waals surface area contributed by atoms with Gasteiger partial charge in [-0.2, -0.15) is 0 Å². The van der Waals surface area contributed by atoms with Crippen molar-refractivity contribution in [2.24, 2.45) is 5.41 Å². The summed E-state index contributed by atoms with van der Waals surface area (Å²) in [6.07, 6.45) is 9.93. The molecular formula is C21H28O4. The number of fused-ring (bicyclic) bond motifs is 1. The van der Waals surface area contributed by atoms with Crippen molar-refractivity contribution in [3.63, 3.8) is 0 Å². The van der Waals surface area contributed by atoms with Gasteiger partial charge in [0.25, 0.3) is 0 Å². The number of hydrogen-bond donors (Lipinski definition) is 1. The molecule has 2 aliphatic rings. The molecular weight excluding hydrogens is 316 g/mol. The van der Waals surface area contributed by atoms with Crippen molar-refractivity contribution in [3.05, 3.63) is 47.1 Å². The zero-order chi connectivity index (χ0) is 18.6. The van der Waals surface area contributed by atoms with E-state index in [0.29, 0.717) is 24.0 Å². The van der Waals surface area contributed by atoms with Gasteiger partial charge in [0.15, 0.2) is 0 Å². The number of carboxylic acids is 1. The average molecular weight is 344 g/mol. The minimum Gasteiger partial charge on any atom is -0.478 e. The molecule has 1 unspecified atom stereocenters. The van der Waals surface area contributed by atoms with Gasteiger partial charge in [-0.15, -0.1) is 0 Å². The van der Waals surface area contributed by atoms with E-state index in [2.05, 4.69) is 26.5 Å². The Labute approximate surface area is 149 Å². The second-order valence-electron chi connectivity index (χ2n) is 7.40. The van der Waals surface area contributed by atoms with Crippen LogP contribution in [-0.2, 0) is 14.3 Å². The molecule has 136 valence electrons. The van der Waals surface area contributed by atoms with Crippen LogP contribution in [-0.4, -0.2) is 23.1 Å².